The van der Waals surface area contributed by atoms with Crippen LogP contribution in [0.25, 0.3) is 5.57 Å². The second-order valence-electron chi connectivity index (χ2n) is 8.65. The van der Waals surface area contributed by atoms with Gasteiger partial charge in [0.25, 0.3) is 5.91 Å². The predicted octanol–water partition coefficient (Wildman–Crippen LogP) is 4.12. The topological polar surface area (TPSA) is 99.8 Å². The number of nitrogens with zero attached hydrogens (tertiary/aromatic N) is 1. The van der Waals surface area contributed by atoms with E-state index in [-0.39, 0.29) is 17.6 Å². The van der Waals surface area contributed by atoms with Crippen molar-refractivity contribution in [2.24, 2.45) is 0 Å². The van der Waals surface area contributed by atoms with Crippen LogP contribution in [0.3, 0.4) is 0 Å². The third-order valence-corrected chi connectivity index (χ3v) is 6.14. The second-order valence-corrected chi connectivity index (χ2v) is 8.65. The van der Waals surface area contributed by atoms with E-state index < -0.39 is 0 Å². The van der Waals surface area contributed by atoms with E-state index in [9.17, 15) is 14.4 Å². The second kappa shape index (κ2) is 10.1. The van der Waals surface area contributed by atoms with Gasteiger partial charge in [-0.2, -0.15) is 0 Å². The van der Waals surface area contributed by atoms with E-state index >= 15 is 0 Å². The third kappa shape index (κ3) is 4.99. The summed E-state index contributed by atoms with van der Waals surface area (Å²) >= 11 is 0. The average Bonchev–Trinajstić information content (AvgIpc) is 3.21. The zero-order valence-electron chi connectivity index (χ0n) is 19.8. The normalized spacial score (nSPS) is 15.9. The van der Waals surface area contributed by atoms with Gasteiger partial charge in [0.2, 0.25) is 5.91 Å². The molecule has 2 amide bonds. The molecule has 1 fully saturated rings. The van der Waals surface area contributed by atoms with E-state index in [2.05, 4.69) is 20.9 Å². The van der Waals surface area contributed by atoms with Crippen LogP contribution in [0, 0.1) is 0 Å². The molecule has 2 heterocycles. The number of ether oxygens (including phenoxy) is 1. The summed E-state index contributed by atoms with van der Waals surface area (Å²) in [6.45, 7) is 4.63. The Morgan fingerprint density at radius 1 is 0.944 bits per heavy atom. The summed E-state index contributed by atoms with van der Waals surface area (Å²) in [6, 6.07) is 20.0. The molecular weight excluding hydrogens is 456 g/mol. The number of hydrogen-bond acceptors (Lipinski definition) is 6. The maximum Gasteiger partial charge on any atom is 0.257 e. The molecule has 182 valence electrons. The monoisotopic (exact) mass is 482 g/mol. The molecule has 8 heteroatoms. The molecule has 0 unspecified atom stereocenters. The number of morpholine rings is 1. The number of fused-ring (bicyclic) bond motifs is 1. The molecule has 0 bridgehead atoms. The molecule has 1 saturated heterocycles. The van der Waals surface area contributed by atoms with Crippen molar-refractivity contribution < 1.29 is 19.1 Å². The van der Waals surface area contributed by atoms with Gasteiger partial charge < -0.3 is 25.6 Å². The SMILES string of the molecule is CC(=O)Nc1cccc(C(=O)c2ccc3c(c2)NC(=O)/C3=C/Nc2ccc(N3CCOCC3)cc2)c1. The minimum absolute atomic E-state index is 0.199. The van der Waals surface area contributed by atoms with Crippen LogP contribution in [-0.4, -0.2) is 43.9 Å². The average molecular weight is 483 g/mol. The van der Waals surface area contributed by atoms with Crippen LogP contribution in [0.5, 0.6) is 0 Å². The van der Waals surface area contributed by atoms with Gasteiger partial charge in [-0.3, -0.25) is 14.4 Å². The predicted molar refractivity (Wildman–Crippen MR) is 140 cm³/mol. The highest BCUT2D eigenvalue weighted by atomic mass is 16.5. The van der Waals surface area contributed by atoms with Crippen molar-refractivity contribution in [3.8, 4) is 0 Å². The third-order valence-electron chi connectivity index (χ3n) is 6.14. The molecular formula is C28H26N4O4. The molecule has 0 radical (unpaired) electrons. The van der Waals surface area contributed by atoms with E-state index in [1.807, 2.05) is 24.3 Å². The number of rotatable bonds is 6. The zero-order valence-corrected chi connectivity index (χ0v) is 19.8. The van der Waals surface area contributed by atoms with Crippen molar-refractivity contribution in [3.05, 3.63) is 89.6 Å². The Kier molecular flexibility index (Phi) is 6.51. The number of anilines is 4. The fourth-order valence-electron chi connectivity index (χ4n) is 4.33. The number of ketones is 1. The summed E-state index contributed by atoms with van der Waals surface area (Å²) in [4.78, 5) is 39.3. The van der Waals surface area contributed by atoms with Crippen molar-refractivity contribution in [3.63, 3.8) is 0 Å². The molecule has 0 aromatic heterocycles. The Labute approximate surface area is 209 Å². The summed E-state index contributed by atoms with van der Waals surface area (Å²) in [5.41, 5.74) is 5.25. The molecule has 3 N–H and O–H groups in total. The van der Waals surface area contributed by atoms with Crippen LogP contribution >= 0.6 is 0 Å². The highest BCUT2D eigenvalue weighted by molar-refractivity contribution is 6.32. The molecule has 0 aliphatic carbocycles. The maximum absolute atomic E-state index is 13.0. The molecule has 5 rings (SSSR count). The maximum atomic E-state index is 13.0. The van der Waals surface area contributed by atoms with Crippen molar-refractivity contribution in [1.82, 2.24) is 0 Å². The van der Waals surface area contributed by atoms with E-state index in [1.165, 1.54) is 6.92 Å². The fourth-order valence-corrected chi connectivity index (χ4v) is 4.33. The largest absolute Gasteiger partial charge is 0.378 e. The first-order valence-corrected chi connectivity index (χ1v) is 11.8. The lowest BCUT2D eigenvalue weighted by Crippen LogP contribution is -2.36. The van der Waals surface area contributed by atoms with Gasteiger partial charge in [-0.05, 0) is 42.5 Å². The molecule has 0 saturated carbocycles. The zero-order chi connectivity index (χ0) is 25.1. The number of amides is 2. The first-order valence-electron chi connectivity index (χ1n) is 11.8. The minimum Gasteiger partial charge on any atom is -0.378 e. The Bertz CT molecular complexity index is 1360. The van der Waals surface area contributed by atoms with Gasteiger partial charge in [0.15, 0.2) is 5.78 Å². The highest BCUT2D eigenvalue weighted by Crippen LogP contribution is 2.33. The first-order chi connectivity index (χ1) is 17.5. The van der Waals surface area contributed by atoms with Gasteiger partial charge in [0.1, 0.15) is 0 Å². The van der Waals surface area contributed by atoms with Gasteiger partial charge in [0, 0.05) is 65.7 Å². The number of carbonyl (C=O) groups excluding carboxylic acids is 3. The summed E-state index contributed by atoms with van der Waals surface area (Å²) < 4.78 is 5.41. The molecule has 0 spiro atoms. The molecule has 2 aliphatic heterocycles. The highest BCUT2D eigenvalue weighted by Gasteiger charge is 2.25. The number of hydrogen-bond donors (Lipinski definition) is 3. The summed E-state index contributed by atoms with van der Waals surface area (Å²) in [5.74, 6) is -0.643. The lowest BCUT2D eigenvalue weighted by Gasteiger charge is -2.28. The van der Waals surface area contributed by atoms with Gasteiger partial charge >= 0.3 is 0 Å². The van der Waals surface area contributed by atoms with E-state index in [0.717, 1.165) is 43.2 Å². The van der Waals surface area contributed by atoms with Crippen LogP contribution in [0.15, 0.2) is 72.9 Å². The van der Waals surface area contributed by atoms with Crippen LogP contribution in [-0.2, 0) is 14.3 Å². The fraction of sp³-hybridized carbons (Fsp3) is 0.179. The molecule has 8 nitrogen and oxygen atoms in total. The number of benzene rings is 3. The van der Waals surface area contributed by atoms with Gasteiger partial charge in [-0.15, -0.1) is 0 Å². The van der Waals surface area contributed by atoms with Crippen LogP contribution in [0.2, 0.25) is 0 Å². The molecule has 36 heavy (non-hydrogen) atoms. The van der Waals surface area contributed by atoms with E-state index in [1.54, 1.807) is 48.7 Å². The number of carbonyl (C=O) groups is 3. The van der Waals surface area contributed by atoms with Crippen LogP contribution < -0.4 is 20.9 Å². The molecule has 3 aromatic carbocycles. The Hall–Kier alpha value is -4.43. The van der Waals surface area contributed by atoms with Crippen LogP contribution in [0.4, 0.5) is 22.7 Å². The van der Waals surface area contributed by atoms with Gasteiger partial charge in [-0.25, -0.2) is 0 Å². The Morgan fingerprint density at radius 2 is 1.69 bits per heavy atom. The first kappa shape index (κ1) is 23.3. The van der Waals surface area contributed by atoms with E-state index in [0.29, 0.717) is 28.1 Å². The van der Waals surface area contributed by atoms with Gasteiger partial charge in [0.05, 0.1) is 18.8 Å². The molecule has 0 atom stereocenters. The van der Waals surface area contributed by atoms with Crippen molar-refractivity contribution in [2.45, 2.75) is 6.92 Å². The summed E-state index contributed by atoms with van der Waals surface area (Å²) in [5, 5.41) is 8.73. The minimum atomic E-state index is -0.236. The summed E-state index contributed by atoms with van der Waals surface area (Å²) in [6.07, 6.45) is 1.68. The smallest absolute Gasteiger partial charge is 0.257 e. The lowest BCUT2D eigenvalue weighted by molar-refractivity contribution is -0.114. The Balaban J connectivity index is 1.31. The molecule has 2 aliphatic rings. The summed E-state index contributed by atoms with van der Waals surface area (Å²) in [7, 11) is 0. The van der Waals surface area contributed by atoms with Gasteiger partial charge in [-0.1, -0.05) is 24.3 Å². The number of nitrogens with one attached hydrogen (secondary N) is 3. The van der Waals surface area contributed by atoms with Crippen molar-refractivity contribution >= 4 is 45.9 Å². The standard InChI is InChI=1S/C28H26N4O4/c1-18(33)30-22-4-2-3-19(15-22)27(34)20-5-10-24-25(28(35)31-26(24)16-20)17-29-21-6-8-23(9-7-21)32-11-13-36-14-12-32/h2-10,15-17,29H,11-14H2,1H3,(H,30,33)(H,31,35)/b25-17+. The van der Waals surface area contributed by atoms with Crippen LogP contribution in [0.1, 0.15) is 28.4 Å². The quantitative estimate of drug-likeness (QED) is 0.361. The van der Waals surface area contributed by atoms with E-state index in [4.69, 9.17) is 4.74 Å². The van der Waals surface area contributed by atoms with Crippen molar-refractivity contribution in [2.75, 3.05) is 47.2 Å². The lowest BCUT2D eigenvalue weighted by atomic mass is 9.99. The van der Waals surface area contributed by atoms with Crippen molar-refractivity contribution in [1.29, 1.82) is 0 Å². The molecule has 3 aromatic rings. The Morgan fingerprint density at radius 3 is 2.44 bits per heavy atom.